The lowest BCUT2D eigenvalue weighted by Gasteiger charge is -2.36. The Bertz CT molecular complexity index is 429. The van der Waals surface area contributed by atoms with Crippen LogP contribution in [0.15, 0.2) is 5.38 Å². The van der Waals surface area contributed by atoms with E-state index in [1.165, 1.54) is 10.7 Å². The number of likely N-dealkylation sites (N-methyl/N-ethyl adjacent to an activating group) is 1. The van der Waals surface area contributed by atoms with E-state index in [0.29, 0.717) is 6.04 Å². The fraction of sp³-hybridized carbons (Fsp3) is 0.824. The van der Waals surface area contributed by atoms with Crippen molar-refractivity contribution < 1.29 is 4.74 Å². The van der Waals surface area contributed by atoms with Crippen LogP contribution in [0.4, 0.5) is 0 Å². The zero-order valence-electron chi connectivity index (χ0n) is 14.9. The fourth-order valence-electron chi connectivity index (χ4n) is 2.61. The van der Waals surface area contributed by atoms with Crippen LogP contribution in [0, 0.1) is 5.41 Å². The van der Waals surface area contributed by atoms with E-state index in [4.69, 9.17) is 9.72 Å². The van der Waals surface area contributed by atoms with Crippen LogP contribution < -0.4 is 5.32 Å². The fourth-order valence-corrected chi connectivity index (χ4v) is 3.69. The Kier molecular flexibility index (Phi) is 6.38. The largest absolute Gasteiger partial charge is 0.379 e. The van der Waals surface area contributed by atoms with Crippen molar-refractivity contribution in [1.29, 1.82) is 0 Å². The van der Waals surface area contributed by atoms with Crippen LogP contribution in [-0.2, 0) is 16.6 Å². The molecule has 4 heteroatoms. The Morgan fingerprint density at radius 2 is 1.86 bits per heavy atom. The van der Waals surface area contributed by atoms with Crippen molar-refractivity contribution in [2.75, 3.05) is 13.7 Å². The highest BCUT2D eigenvalue weighted by molar-refractivity contribution is 7.09. The molecule has 0 spiro atoms. The number of nitrogens with zero attached hydrogens (tertiary/aromatic N) is 1. The molecule has 0 radical (unpaired) electrons. The highest BCUT2D eigenvalue weighted by Crippen LogP contribution is 2.28. The van der Waals surface area contributed by atoms with Crippen LogP contribution in [0.2, 0.25) is 0 Å². The lowest BCUT2D eigenvalue weighted by molar-refractivity contribution is -0.0106. The Morgan fingerprint density at radius 3 is 2.24 bits per heavy atom. The van der Waals surface area contributed by atoms with Gasteiger partial charge in [-0.05, 0) is 12.0 Å². The first-order valence-corrected chi connectivity index (χ1v) is 8.68. The van der Waals surface area contributed by atoms with Crippen molar-refractivity contribution in [3.8, 4) is 0 Å². The molecule has 0 bridgehead atoms. The quantitative estimate of drug-likeness (QED) is 0.861. The average Bonchev–Trinajstić information content (AvgIpc) is 2.76. The van der Waals surface area contributed by atoms with Crippen LogP contribution in [0.5, 0.6) is 0 Å². The molecule has 21 heavy (non-hydrogen) atoms. The minimum atomic E-state index is 0.103. The van der Waals surface area contributed by atoms with Gasteiger partial charge in [0.2, 0.25) is 0 Å². The zero-order valence-corrected chi connectivity index (χ0v) is 15.7. The highest BCUT2D eigenvalue weighted by atomic mass is 32.1. The smallest absolute Gasteiger partial charge is 0.0945 e. The third-order valence-electron chi connectivity index (χ3n) is 3.65. The molecule has 0 aliphatic carbocycles. The molecule has 2 unspecified atom stereocenters. The van der Waals surface area contributed by atoms with Gasteiger partial charge in [-0.1, -0.05) is 48.5 Å². The number of thiazole rings is 1. The van der Waals surface area contributed by atoms with E-state index in [2.05, 4.69) is 59.2 Å². The van der Waals surface area contributed by atoms with E-state index in [-0.39, 0.29) is 16.9 Å². The van der Waals surface area contributed by atoms with Crippen molar-refractivity contribution >= 4 is 11.3 Å². The summed E-state index contributed by atoms with van der Waals surface area (Å²) in [7, 11) is 1.81. The van der Waals surface area contributed by atoms with Crippen molar-refractivity contribution in [3.63, 3.8) is 0 Å². The zero-order chi connectivity index (χ0) is 16.3. The molecule has 0 aliphatic heterocycles. The van der Waals surface area contributed by atoms with Crippen molar-refractivity contribution in [2.45, 2.75) is 72.4 Å². The summed E-state index contributed by atoms with van der Waals surface area (Å²) in [6, 6.07) is 0.291. The second kappa shape index (κ2) is 7.21. The molecule has 1 aromatic heterocycles. The lowest BCUT2D eigenvalue weighted by atomic mass is 9.83. The molecule has 2 atom stereocenters. The van der Waals surface area contributed by atoms with Gasteiger partial charge in [-0.15, -0.1) is 11.3 Å². The predicted octanol–water partition coefficient (Wildman–Crippen LogP) is 4.02. The summed E-state index contributed by atoms with van der Waals surface area (Å²) >= 11 is 1.76. The molecule has 0 aliphatic rings. The summed E-state index contributed by atoms with van der Waals surface area (Å²) in [6.07, 6.45) is 1.09. The van der Waals surface area contributed by atoms with E-state index in [1.54, 1.807) is 11.3 Å². The molecule has 0 fully saturated rings. The average molecular weight is 313 g/mol. The molecule has 1 rings (SSSR count). The Hall–Kier alpha value is -0.450. The Labute approximate surface area is 134 Å². The molecule has 3 nitrogen and oxygen atoms in total. The number of nitrogens with one attached hydrogen (secondary N) is 1. The van der Waals surface area contributed by atoms with E-state index in [0.717, 1.165) is 13.0 Å². The van der Waals surface area contributed by atoms with Gasteiger partial charge in [0.15, 0.2) is 0 Å². The summed E-state index contributed by atoms with van der Waals surface area (Å²) in [4.78, 5) is 4.83. The van der Waals surface area contributed by atoms with Gasteiger partial charge in [0.25, 0.3) is 0 Å². The second-order valence-corrected chi connectivity index (χ2v) is 8.71. The number of rotatable bonds is 6. The van der Waals surface area contributed by atoms with E-state index < -0.39 is 0 Å². The number of methoxy groups -OCH3 is 1. The second-order valence-electron chi connectivity index (χ2n) is 7.77. The van der Waals surface area contributed by atoms with Gasteiger partial charge in [-0.2, -0.15) is 0 Å². The monoisotopic (exact) mass is 312 g/mol. The van der Waals surface area contributed by atoms with Crippen LogP contribution in [0.3, 0.4) is 0 Å². The summed E-state index contributed by atoms with van der Waals surface area (Å²) in [5.41, 5.74) is 1.40. The maximum Gasteiger partial charge on any atom is 0.0945 e. The first kappa shape index (κ1) is 18.6. The standard InChI is InChI=1S/C17H32N2OS/c1-9-18-12(15(20-8)17(5,6)7)10-14-19-13(11-21-14)16(2,3)4/h11-12,15,18H,9-10H2,1-8H3. The first-order valence-electron chi connectivity index (χ1n) is 7.80. The van der Waals surface area contributed by atoms with Crippen LogP contribution in [0.1, 0.15) is 59.2 Å². The van der Waals surface area contributed by atoms with E-state index >= 15 is 0 Å². The van der Waals surface area contributed by atoms with Crippen LogP contribution in [0.25, 0.3) is 0 Å². The topological polar surface area (TPSA) is 34.2 Å². The van der Waals surface area contributed by atoms with Crippen LogP contribution >= 0.6 is 11.3 Å². The minimum absolute atomic E-state index is 0.103. The highest BCUT2D eigenvalue weighted by Gasteiger charge is 2.32. The maximum absolute atomic E-state index is 5.79. The molecule has 122 valence electrons. The minimum Gasteiger partial charge on any atom is -0.379 e. The van der Waals surface area contributed by atoms with Gasteiger partial charge in [0.05, 0.1) is 16.8 Å². The van der Waals surface area contributed by atoms with E-state index in [9.17, 15) is 0 Å². The van der Waals surface area contributed by atoms with Gasteiger partial charge in [0, 0.05) is 30.4 Å². The molecule has 1 heterocycles. The van der Waals surface area contributed by atoms with Crippen molar-refractivity contribution in [3.05, 3.63) is 16.1 Å². The van der Waals surface area contributed by atoms with Gasteiger partial charge in [-0.3, -0.25) is 0 Å². The summed E-state index contributed by atoms with van der Waals surface area (Å²) in [5.74, 6) is 0. The Balaban J connectivity index is 2.90. The molecule has 1 aromatic rings. The van der Waals surface area contributed by atoms with E-state index in [1.807, 2.05) is 7.11 Å². The molecular formula is C17H32N2OS. The number of hydrogen-bond acceptors (Lipinski definition) is 4. The third kappa shape index (κ3) is 5.35. The first-order chi connectivity index (χ1) is 9.59. The maximum atomic E-state index is 5.79. The summed E-state index contributed by atoms with van der Waals surface area (Å²) in [6.45, 7) is 16.4. The van der Waals surface area contributed by atoms with Gasteiger partial charge in [-0.25, -0.2) is 4.98 Å². The van der Waals surface area contributed by atoms with Crippen molar-refractivity contribution in [1.82, 2.24) is 10.3 Å². The number of ether oxygens (including phenoxy) is 1. The molecular weight excluding hydrogens is 280 g/mol. The third-order valence-corrected chi connectivity index (χ3v) is 4.53. The summed E-state index contributed by atoms with van der Waals surface area (Å²) in [5, 5.41) is 6.96. The molecule has 1 N–H and O–H groups in total. The normalized spacial score (nSPS) is 16.0. The van der Waals surface area contributed by atoms with Gasteiger partial charge < -0.3 is 10.1 Å². The number of hydrogen-bond donors (Lipinski definition) is 1. The SMILES string of the molecule is CCNC(Cc1nc(C(C)(C)C)cs1)C(OC)C(C)(C)C. The van der Waals surface area contributed by atoms with Gasteiger partial charge in [0.1, 0.15) is 0 Å². The van der Waals surface area contributed by atoms with Gasteiger partial charge >= 0.3 is 0 Å². The molecule has 0 amide bonds. The molecule has 0 aromatic carbocycles. The lowest BCUT2D eigenvalue weighted by Crippen LogP contribution is -2.49. The molecule has 0 saturated heterocycles. The van der Waals surface area contributed by atoms with Crippen LogP contribution in [-0.4, -0.2) is 30.8 Å². The summed E-state index contributed by atoms with van der Waals surface area (Å²) < 4.78 is 5.79. The van der Waals surface area contributed by atoms with Crippen molar-refractivity contribution in [2.24, 2.45) is 5.41 Å². The predicted molar refractivity (Wildman–Crippen MR) is 92.2 cm³/mol. The number of aromatic nitrogens is 1. The Morgan fingerprint density at radius 1 is 1.24 bits per heavy atom. The molecule has 0 saturated carbocycles.